The minimum absolute atomic E-state index is 0.0977. The van der Waals surface area contributed by atoms with E-state index in [2.05, 4.69) is 52.0 Å². The van der Waals surface area contributed by atoms with E-state index in [1.165, 1.54) is 5.56 Å². The number of phenols is 1. The van der Waals surface area contributed by atoms with E-state index in [4.69, 9.17) is 4.74 Å². The zero-order valence-corrected chi connectivity index (χ0v) is 20.1. The van der Waals surface area contributed by atoms with Crippen molar-refractivity contribution in [1.29, 1.82) is 0 Å². The molecule has 0 heterocycles. The van der Waals surface area contributed by atoms with Gasteiger partial charge in [0.15, 0.2) is 0 Å². The lowest BCUT2D eigenvalue weighted by molar-refractivity contribution is 0.0731. The second-order valence-corrected chi connectivity index (χ2v) is 9.63. The molecule has 172 valence electrons. The maximum absolute atomic E-state index is 13.0. The molecule has 3 heteroatoms. The smallest absolute Gasteiger partial charge is 0.347 e. The van der Waals surface area contributed by atoms with Crippen LogP contribution in [0.4, 0.5) is 0 Å². The fourth-order valence-corrected chi connectivity index (χ4v) is 4.23. The summed E-state index contributed by atoms with van der Waals surface area (Å²) in [4.78, 5) is 13.0. The van der Waals surface area contributed by atoms with E-state index < -0.39 is 5.97 Å². The Morgan fingerprint density at radius 3 is 1.59 bits per heavy atom. The van der Waals surface area contributed by atoms with Gasteiger partial charge in [-0.3, -0.25) is 0 Å². The van der Waals surface area contributed by atoms with Crippen molar-refractivity contribution in [2.45, 2.75) is 38.5 Å². The average Bonchev–Trinajstić information content (AvgIpc) is 2.85. The number of carbonyl (C=O) groups is 1. The number of phenolic OH excluding ortho intramolecular Hbond substituents is 1. The molecule has 0 aliphatic heterocycles. The minimum atomic E-state index is -0.585. The quantitative estimate of drug-likeness (QED) is 0.248. The number of esters is 1. The normalized spacial score (nSPS) is 11.8. The largest absolute Gasteiger partial charge is 0.507 e. The molecule has 0 unspecified atom stereocenters. The molecule has 0 spiro atoms. The third-order valence-corrected chi connectivity index (χ3v) is 6.72. The maximum Gasteiger partial charge on any atom is 0.347 e. The Balaban J connectivity index is 1.56. The van der Waals surface area contributed by atoms with Crippen LogP contribution < -0.4 is 4.74 Å². The highest BCUT2D eigenvalue weighted by atomic mass is 16.5. The van der Waals surface area contributed by atoms with Crippen LogP contribution in [0.5, 0.6) is 11.5 Å². The Bertz CT molecular complexity index is 1270. The van der Waals surface area contributed by atoms with E-state index in [-0.39, 0.29) is 22.1 Å². The molecule has 1 N–H and O–H groups in total. The third kappa shape index (κ3) is 4.60. The zero-order chi connectivity index (χ0) is 24.3. The van der Waals surface area contributed by atoms with Crippen LogP contribution in [-0.2, 0) is 10.8 Å². The number of ether oxygens (including phenoxy) is 1. The molecule has 0 aliphatic rings. The number of carbonyl (C=O) groups excluding carboxylic acids is 1. The summed E-state index contributed by atoms with van der Waals surface area (Å²) in [6, 6.07) is 33.1. The van der Waals surface area contributed by atoms with Crippen molar-refractivity contribution in [1.82, 2.24) is 0 Å². The monoisotopic (exact) mass is 450 g/mol. The van der Waals surface area contributed by atoms with E-state index in [1.54, 1.807) is 24.3 Å². The molecule has 0 fully saturated rings. The first kappa shape index (κ1) is 23.3. The highest BCUT2D eigenvalue weighted by Gasteiger charge is 2.26. The first-order valence-corrected chi connectivity index (χ1v) is 11.5. The van der Waals surface area contributed by atoms with Crippen molar-refractivity contribution in [3.05, 3.63) is 131 Å². The molecular formula is C31H30O3. The summed E-state index contributed by atoms with van der Waals surface area (Å²) in [6.07, 6.45) is 0. The topological polar surface area (TPSA) is 46.5 Å². The number of benzene rings is 4. The van der Waals surface area contributed by atoms with Crippen molar-refractivity contribution in [2.24, 2.45) is 0 Å². The molecule has 0 radical (unpaired) electrons. The standard InChI is InChI=1S/C31H30O3/c1-30(2,22-11-7-5-8-12-22)24-15-18-26(19-16-24)34-29(33)27-21-25(17-20-28(27)32)31(3,4)23-13-9-6-10-14-23/h5-21,32H,1-4H3. The second kappa shape index (κ2) is 9.18. The first-order chi connectivity index (χ1) is 16.2. The lowest BCUT2D eigenvalue weighted by atomic mass is 9.77. The molecule has 4 aromatic carbocycles. The molecule has 3 nitrogen and oxygen atoms in total. The van der Waals surface area contributed by atoms with E-state index in [0.29, 0.717) is 5.75 Å². The van der Waals surface area contributed by atoms with Gasteiger partial charge in [-0.15, -0.1) is 0 Å². The Morgan fingerprint density at radius 1 is 0.618 bits per heavy atom. The van der Waals surface area contributed by atoms with E-state index in [0.717, 1.165) is 16.7 Å². The molecule has 0 saturated carbocycles. The van der Waals surface area contributed by atoms with Crippen molar-refractivity contribution >= 4 is 5.97 Å². The van der Waals surface area contributed by atoms with E-state index in [9.17, 15) is 9.90 Å². The Labute approximate surface area is 201 Å². The van der Waals surface area contributed by atoms with E-state index in [1.807, 2.05) is 54.6 Å². The van der Waals surface area contributed by atoms with E-state index >= 15 is 0 Å². The maximum atomic E-state index is 13.0. The molecule has 4 rings (SSSR count). The van der Waals surface area contributed by atoms with Gasteiger partial charge in [-0.25, -0.2) is 4.79 Å². The predicted molar refractivity (Wildman–Crippen MR) is 137 cm³/mol. The summed E-state index contributed by atoms with van der Waals surface area (Å²) in [7, 11) is 0. The van der Waals surface area contributed by atoms with Gasteiger partial charge in [0.25, 0.3) is 0 Å². The van der Waals surface area contributed by atoms with Crippen LogP contribution in [0.15, 0.2) is 103 Å². The molecule has 0 aromatic heterocycles. The first-order valence-electron chi connectivity index (χ1n) is 11.5. The summed E-state index contributed by atoms with van der Waals surface area (Å²) in [6.45, 7) is 8.52. The van der Waals surface area contributed by atoms with Gasteiger partial charge >= 0.3 is 5.97 Å². The second-order valence-electron chi connectivity index (χ2n) is 9.63. The van der Waals surface area contributed by atoms with Gasteiger partial charge in [0.05, 0.1) is 0 Å². The van der Waals surface area contributed by atoms with Crippen molar-refractivity contribution < 1.29 is 14.6 Å². The van der Waals surface area contributed by atoms with Crippen LogP contribution in [0.2, 0.25) is 0 Å². The molecule has 4 aromatic rings. The van der Waals surface area contributed by atoms with Crippen LogP contribution in [0, 0.1) is 0 Å². The molecular weight excluding hydrogens is 420 g/mol. The SMILES string of the molecule is CC(C)(c1ccccc1)c1ccc(OC(=O)c2cc(C(C)(C)c3ccccc3)ccc2O)cc1. The fourth-order valence-electron chi connectivity index (χ4n) is 4.23. The molecule has 0 atom stereocenters. The number of hydrogen-bond donors (Lipinski definition) is 1. The average molecular weight is 451 g/mol. The summed E-state index contributed by atoms with van der Waals surface area (Å²) in [5, 5.41) is 10.4. The lowest BCUT2D eigenvalue weighted by Gasteiger charge is -2.27. The molecule has 0 aliphatic carbocycles. The van der Waals surface area contributed by atoms with Crippen LogP contribution in [0.3, 0.4) is 0 Å². The third-order valence-electron chi connectivity index (χ3n) is 6.72. The fraction of sp³-hybridized carbons (Fsp3) is 0.194. The van der Waals surface area contributed by atoms with Crippen molar-refractivity contribution in [2.75, 3.05) is 0 Å². The van der Waals surface area contributed by atoms with Gasteiger partial charge in [-0.05, 0) is 46.5 Å². The number of rotatable bonds is 6. The molecule has 34 heavy (non-hydrogen) atoms. The number of aromatic hydroxyl groups is 1. The summed E-state index contributed by atoms with van der Waals surface area (Å²) < 4.78 is 5.63. The van der Waals surface area contributed by atoms with Crippen molar-refractivity contribution in [3.63, 3.8) is 0 Å². The van der Waals surface area contributed by atoms with Crippen molar-refractivity contribution in [3.8, 4) is 11.5 Å². The molecule has 0 bridgehead atoms. The zero-order valence-electron chi connectivity index (χ0n) is 20.1. The molecule has 0 amide bonds. The summed E-state index contributed by atoms with van der Waals surface area (Å²) in [5.74, 6) is -0.248. The Morgan fingerprint density at radius 2 is 1.06 bits per heavy atom. The van der Waals surface area contributed by atoms with Gasteiger partial charge in [-0.1, -0.05) is 107 Å². The Kier molecular flexibility index (Phi) is 6.30. The minimum Gasteiger partial charge on any atom is -0.507 e. The lowest BCUT2D eigenvalue weighted by Crippen LogP contribution is -2.20. The highest BCUT2D eigenvalue weighted by Crippen LogP contribution is 2.35. The van der Waals surface area contributed by atoms with Gasteiger partial charge in [-0.2, -0.15) is 0 Å². The molecule has 0 saturated heterocycles. The number of hydrogen-bond acceptors (Lipinski definition) is 3. The van der Waals surface area contributed by atoms with Gasteiger partial charge in [0, 0.05) is 10.8 Å². The van der Waals surface area contributed by atoms with Crippen LogP contribution in [-0.4, -0.2) is 11.1 Å². The van der Waals surface area contributed by atoms with Crippen LogP contribution in [0.25, 0.3) is 0 Å². The summed E-state index contributed by atoms with van der Waals surface area (Å²) in [5.41, 5.74) is 4.00. The van der Waals surface area contributed by atoms with Gasteiger partial charge in [0.2, 0.25) is 0 Å². The Hall–Kier alpha value is -3.85. The van der Waals surface area contributed by atoms with Crippen LogP contribution >= 0.6 is 0 Å². The van der Waals surface area contributed by atoms with Crippen LogP contribution in [0.1, 0.15) is 60.3 Å². The van der Waals surface area contributed by atoms with Gasteiger partial charge < -0.3 is 9.84 Å². The highest BCUT2D eigenvalue weighted by molar-refractivity contribution is 5.94. The summed E-state index contributed by atoms with van der Waals surface area (Å²) >= 11 is 0. The predicted octanol–water partition coefficient (Wildman–Crippen LogP) is 7.26. The van der Waals surface area contributed by atoms with Gasteiger partial charge in [0.1, 0.15) is 17.1 Å².